The van der Waals surface area contributed by atoms with Crippen LogP contribution in [-0.4, -0.2) is 4.98 Å². The van der Waals surface area contributed by atoms with Gasteiger partial charge in [-0.05, 0) is 36.5 Å². The van der Waals surface area contributed by atoms with Crippen molar-refractivity contribution in [2.75, 3.05) is 0 Å². The fraction of sp³-hybridized carbons (Fsp3) is 0.111. The molecule has 3 rings (SSSR count). The van der Waals surface area contributed by atoms with Crippen molar-refractivity contribution in [1.82, 2.24) is 4.98 Å². The molecule has 0 spiro atoms. The second kappa shape index (κ2) is 6.02. The van der Waals surface area contributed by atoms with Crippen molar-refractivity contribution in [3.05, 3.63) is 83.3 Å². The first-order valence-corrected chi connectivity index (χ1v) is 7.58. The van der Waals surface area contributed by atoms with Crippen LogP contribution in [0.15, 0.2) is 60.1 Å². The van der Waals surface area contributed by atoms with Crippen LogP contribution in [0.2, 0.25) is 0 Å². The van der Waals surface area contributed by atoms with Crippen LogP contribution in [0, 0.1) is 13.3 Å². The number of aryl methyl sites for hydroxylation is 1. The van der Waals surface area contributed by atoms with Crippen LogP contribution in [0.3, 0.4) is 0 Å². The summed E-state index contributed by atoms with van der Waals surface area (Å²) in [5, 5.41) is 0. The minimum Gasteiger partial charge on any atom is -0.249 e. The van der Waals surface area contributed by atoms with Crippen molar-refractivity contribution in [3.8, 4) is 10.4 Å². The smallest absolute Gasteiger partial charge is 0.0801 e. The van der Waals surface area contributed by atoms with Crippen molar-refractivity contribution < 1.29 is 0 Å². The number of rotatable bonds is 4. The molecule has 0 aliphatic rings. The van der Waals surface area contributed by atoms with E-state index in [1.165, 1.54) is 21.6 Å². The standard InChI is InChI=1S/C18H16NS/c1-14-18(20-13-19-14)17-11-9-16(10-12-17)8-7-15-5-3-2-4-6-15/h2-6,8-13H,7H2,1H3. The molecule has 0 fully saturated rings. The van der Waals surface area contributed by atoms with Crippen molar-refractivity contribution in [2.45, 2.75) is 13.3 Å². The molecule has 0 atom stereocenters. The largest absolute Gasteiger partial charge is 0.249 e. The van der Waals surface area contributed by atoms with Crippen molar-refractivity contribution >= 4 is 11.3 Å². The van der Waals surface area contributed by atoms with E-state index in [4.69, 9.17) is 0 Å². The summed E-state index contributed by atoms with van der Waals surface area (Å²) in [7, 11) is 0. The Balaban J connectivity index is 1.69. The molecule has 99 valence electrons. The third-order valence-electron chi connectivity index (χ3n) is 3.33. The van der Waals surface area contributed by atoms with Gasteiger partial charge in [0.25, 0.3) is 0 Å². The molecular weight excluding hydrogens is 262 g/mol. The number of nitrogens with zero attached hydrogens (tertiary/aromatic N) is 1. The summed E-state index contributed by atoms with van der Waals surface area (Å²) in [5.74, 6) is 0. The number of aromatic nitrogens is 1. The average Bonchev–Trinajstić information content (AvgIpc) is 2.93. The topological polar surface area (TPSA) is 12.9 Å². The van der Waals surface area contributed by atoms with E-state index in [1.54, 1.807) is 11.3 Å². The van der Waals surface area contributed by atoms with Crippen LogP contribution >= 0.6 is 11.3 Å². The van der Waals surface area contributed by atoms with E-state index in [2.05, 4.69) is 72.9 Å². The monoisotopic (exact) mass is 278 g/mol. The molecule has 1 radical (unpaired) electrons. The molecule has 0 aliphatic heterocycles. The zero-order valence-electron chi connectivity index (χ0n) is 11.4. The second-order valence-corrected chi connectivity index (χ2v) is 5.64. The lowest BCUT2D eigenvalue weighted by molar-refractivity contribution is 1.17. The Labute approximate surface area is 124 Å². The van der Waals surface area contributed by atoms with E-state index in [1.807, 2.05) is 5.51 Å². The number of benzene rings is 2. The quantitative estimate of drug-likeness (QED) is 0.660. The Bertz CT molecular complexity index is 668. The Morgan fingerprint density at radius 2 is 1.75 bits per heavy atom. The highest BCUT2D eigenvalue weighted by Crippen LogP contribution is 2.27. The molecule has 2 heteroatoms. The third-order valence-corrected chi connectivity index (χ3v) is 4.31. The van der Waals surface area contributed by atoms with Gasteiger partial charge >= 0.3 is 0 Å². The summed E-state index contributed by atoms with van der Waals surface area (Å²) in [5.41, 5.74) is 6.87. The highest BCUT2D eigenvalue weighted by Gasteiger charge is 2.04. The minimum absolute atomic E-state index is 0.972. The van der Waals surface area contributed by atoms with Gasteiger partial charge in [-0.1, -0.05) is 54.6 Å². The predicted octanol–water partition coefficient (Wildman–Crippen LogP) is 4.91. The summed E-state index contributed by atoms with van der Waals surface area (Å²) < 4.78 is 0. The molecule has 1 nitrogen and oxygen atoms in total. The summed E-state index contributed by atoms with van der Waals surface area (Å²) >= 11 is 1.70. The van der Waals surface area contributed by atoms with E-state index in [-0.39, 0.29) is 0 Å². The molecule has 20 heavy (non-hydrogen) atoms. The summed E-state index contributed by atoms with van der Waals surface area (Å²) in [4.78, 5) is 5.57. The van der Waals surface area contributed by atoms with Gasteiger partial charge in [-0.25, -0.2) is 4.98 Å². The van der Waals surface area contributed by atoms with Crippen molar-refractivity contribution in [2.24, 2.45) is 0 Å². The Kier molecular flexibility index (Phi) is 3.93. The Morgan fingerprint density at radius 1 is 1.00 bits per heavy atom. The van der Waals surface area contributed by atoms with Gasteiger partial charge in [-0.2, -0.15) is 0 Å². The summed E-state index contributed by atoms with van der Waals surface area (Å²) in [6.07, 6.45) is 3.23. The lowest BCUT2D eigenvalue weighted by atomic mass is 10.0. The lowest BCUT2D eigenvalue weighted by Crippen LogP contribution is -1.88. The number of hydrogen-bond acceptors (Lipinski definition) is 2. The van der Waals surface area contributed by atoms with Crippen LogP contribution in [0.1, 0.15) is 16.8 Å². The molecule has 0 N–H and O–H groups in total. The van der Waals surface area contributed by atoms with Gasteiger partial charge in [0.1, 0.15) is 0 Å². The van der Waals surface area contributed by atoms with Crippen LogP contribution in [-0.2, 0) is 6.42 Å². The molecule has 0 bridgehead atoms. The first-order chi connectivity index (χ1) is 9.83. The lowest BCUT2D eigenvalue weighted by Gasteiger charge is -2.04. The SMILES string of the molecule is Cc1ncsc1-c1ccc([CH]Cc2ccccc2)cc1. The average molecular weight is 278 g/mol. The first kappa shape index (κ1) is 13.1. The van der Waals surface area contributed by atoms with Crippen LogP contribution in [0.5, 0.6) is 0 Å². The van der Waals surface area contributed by atoms with Gasteiger partial charge < -0.3 is 0 Å². The van der Waals surface area contributed by atoms with Gasteiger partial charge in [-0.15, -0.1) is 11.3 Å². The van der Waals surface area contributed by atoms with E-state index < -0.39 is 0 Å². The maximum absolute atomic E-state index is 4.30. The molecule has 1 aromatic heterocycles. The van der Waals surface area contributed by atoms with E-state index in [0.717, 1.165) is 12.1 Å². The molecule has 2 aromatic carbocycles. The molecule has 3 aromatic rings. The maximum atomic E-state index is 4.30. The molecule has 0 saturated carbocycles. The van der Waals surface area contributed by atoms with Gasteiger partial charge in [0.15, 0.2) is 0 Å². The number of hydrogen-bond donors (Lipinski definition) is 0. The molecule has 0 amide bonds. The summed E-state index contributed by atoms with van der Waals surface area (Å²) in [6.45, 7) is 2.06. The highest BCUT2D eigenvalue weighted by atomic mass is 32.1. The minimum atomic E-state index is 0.972. The highest BCUT2D eigenvalue weighted by molar-refractivity contribution is 7.13. The number of thiazole rings is 1. The zero-order chi connectivity index (χ0) is 13.8. The second-order valence-electron chi connectivity index (χ2n) is 4.78. The normalized spacial score (nSPS) is 10.7. The van der Waals surface area contributed by atoms with Crippen molar-refractivity contribution in [1.29, 1.82) is 0 Å². The van der Waals surface area contributed by atoms with Crippen LogP contribution < -0.4 is 0 Å². The van der Waals surface area contributed by atoms with E-state index in [9.17, 15) is 0 Å². The van der Waals surface area contributed by atoms with E-state index >= 15 is 0 Å². The van der Waals surface area contributed by atoms with Gasteiger partial charge in [0.2, 0.25) is 0 Å². The Hall–Kier alpha value is -1.93. The Morgan fingerprint density at radius 3 is 2.40 bits per heavy atom. The molecular formula is C18H16NS. The molecule has 0 unspecified atom stereocenters. The van der Waals surface area contributed by atoms with Gasteiger partial charge in [0.05, 0.1) is 16.1 Å². The molecule has 0 aliphatic carbocycles. The maximum Gasteiger partial charge on any atom is 0.0801 e. The fourth-order valence-electron chi connectivity index (χ4n) is 2.20. The predicted molar refractivity (Wildman–Crippen MR) is 85.8 cm³/mol. The fourth-order valence-corrected chi connectivity index (χ4v) is 3.01. The summed E-state index contributed by atoms with van der Waals surface area (Å²) in [6, 6.07) is 19.2. The molecule has 0 saturated heterocycles. The zero-order valence-corrected chi connectivity index (χ0v) is 12.2. The van der Waals surface area contributed by atoms with Crippen molar-refractivity contribution in [3.63, 3.8) is 0 Å². The first-order valence-electron chi connectivity index (χ1n) is 6.70. The van der Waals surface area contributed by atoms with Gasteiger partial charge in [0, 0.05) is 0 Å². The van der Waals surface area contributed by atoms with Crippen LogP contribution in [0.25, 0.3) is 10.4 Å². The molecule has 1 heterocycles. The van der Waals surface area contributed by atoms with Crippen LogP contribution in [0.4, 0.5) is 0 Å². The van der Waals surface area contributed by atoms with Gasteiger partial charge in [-0.3, -0.25) is 0 Å². The third kappa shape index (κ3) is 2.97. The van der Waals surface area contributed by atoms with E-state index in [0.29, 0.717) is 0 Å².